The highest BCUT2D eigenvalue weighted by Crippen LogP contribution is 2.14. The molecule has 0 aliphatic heterocycles. The van der Waals surface area contributed by atoms with Crippen molar-refractivity contribution in [3.8, 4) is 17.3 Å². The van der Waals surface area contributed by atoms with Crippen molar-refractivity contribution in [3.63, 3.8) is 0 Å². The Hall–Kier alpha value is -2.08. The lowest BCUT2D eigenvalue weighted by Crippen LogP contribution is -1.97. The topological polar surface area (TPSA) is 81.0 Å². The summed E-state index contributed by atoms with van der Waals surface area (Å²) >= 11 is 0. The Balaban J connectivity index is 2.28. The molecule has 0 fully saturated rings. The second-order valence-corrected chi connectivity index (χ2v) is 3.03. The third-order valence-electron chi connectivity index (χ3n) is 1.99. The number of aliphatic hydroxyl groups excluding tert-OH is 1. The largest absolute Gasteiger partial charge is 0.480 e. The molecule has 0 aliphatic rings. The van der Waals surface area contributed by atoms with Crippen LogP contribution in [0.4, 0.5) is 0 Å². The summed E-state index contributed by atoms with van der Waals surface area (Å²) in [5.41, 5.74) is 1.73. The Morgan fingerprint density at radius 1 is 1.00 bits per heavy atom. The van der Waals surface area contributed by atoms with Gasteiger partial charge in [0.25, 0.3) is 0 Å². The Kier molecular flexibility index (Phi) is 3.02. The van der Waals surface area contributed by atoms with Gasteiger partial charge in [-0.1, -0.05) is 0 Å². The first kappa shape index (κ1) is 10.4. The van der Waals surface area contributed by atoms with Crippen LogP contribution in [0.5, 0.6) is 5.88 Å². The van der Waals surface area contributed by atoms with E-state index in [1.807, 2.05) is 0 Å². The molecule has 0 aliphatic carbocycles. The van der Waals surface area contributed by atoms with E-state index in [9.17, 15) is 0 Å². The van der Waals surface area contributed by atoms with E-state index in [-0.39, 0.29) is 6.61 Å². The third kappa shape index (κ3) is 2.12. The first-order valence-corrected chi connectivity index (χ1v) is 4.65. The molecule has 16 heavy (non-hydrogen) atoms. The predicted octanol–water partition coefficient (Wildman–Crippen LogP) is 0.434. The number of aliphatic hydroxyl groups is 1. The van der Waals surface area contributed by atoms with Crippen LogP contribution in [0.25, 0.3) is 11.4 Å². The van der Waals surface area contributed by atoms with Gasteiger partial charge in [-0.3, -0.25) is 0 Å². The molecular formula is C10H10N4O2. The quantitative estimate of drug-likeness (QED) is 0.804. The molecule has 2 rings (SSSR count). The first-order valence-electron chi connectivity index (χ1n) is 4.65. The Morgan fingerprint density at radius 2 is 1.69 bits per heavy atom. The maximum atomic E-state index is 8.82. The van der Waals surface area contributed by atoms with Gasteiger partial charge in [-0.2, -0.15) is 5.10 Å². The third-order valence-corrected chi connectivity index (χ3v) is 1.99. The van der Waals surface area contributed by atoms with E-state index >= 15 is 0 Å². The van der Waals surface area contributed by atoms with Crippen molar-refractivity contribution in [1.29, 1.82) is 0 Å². The Morgan fingerprint density at radius 3 is 2.12 bits per heavy atom. The van der Waals surface area contributed by atoms with Crippen LogP contribution >= 0.6 is 0 Å². The molecule has 0 radical (unpaired) electrons. The number of aromatic nitrogens is 4. The standard InChI is InChI=1S/C10H10N4O2/c1-16-10-5-4-9(13-14-10)8-3-2-7(6-15)11-12-8/h2-5,15H,6H2,1H3. The molecule has 0 atom stereocenters. The van der Waals surface area contributed by atoms with E-state index < -0.39 is 0 Å². The van der Waals surface area contributed by atoms with Crippen LogP contribution in [-0.2, 0) is 6.61 Å². The molecule has 0 amide bonds. The van der Waals surface area contributed by atoms with Crippen molar-refractivity contribution >= 4 is 0 Å². The molecule has 6 nitrogen and oxygen atoms in total. The molecule has 0 spiro atoms. The van der Waals surface area contributed by atoms with E-state index in [2.05, 4.69) is 20.4 Å². The molecule has 0 unspecified atom stereocenters. The van der Waals surface area contributed by atoms with Crippen molar-refractivity contribution in [2.24, 2.45) is 0 Å². The predicted molar refractivity (Wildman–Crippen MR) is 55.5 cm³/mol. The minimum Gasteiger partial charge on any atom is -0.480 e. The van der Waals surface area contributed by atoms with Crippen molar-refractivity contribution in [1.82, 2.24) is 20.4 Å². The number of methoxy groups -OCH3 is 1. The minimum absolute atomic E-state index is 0.123. The summed E-state index contributed by atoms with van der Waals surface area (Å²) in [6.07, 6.45) is 0. The van der Waals surface area contributed by atoms with E-state index in [1.165, 1.54) is 7.11 Å². The van der Waals surface area contributed by atoms with E-state index in [1.54, 1.807) is 24.3 Å². The van der Waals surface area contributed by atoms with E-state index in [4.69, 9.17) is 9.84 Å². The summed E-state index contributed by atoms with van der Waals surface area (Å²) in [5, 5.41) is 24.3. The number of hydrogen-bond donors (Lipinski definition) is 1. The van der Waals surface area contributed by atoms with Crippen molar-refractivity contribution < 1.29 is 9.84 Å². The molecule has 0 aromatic carbocycles. The van der Waals surface area contributed by atoms with Gasteiger partial charge in [-0.25, -0.2) is 0 Å². The van der Waals surface area contributed by atoms with Crippen LogP contribution in [0, 0.1) is 0 Å². The average Bonchev–Trinajstić information content (AvgIpc) is 2.39. The first-order chi connectivity index (χ1) is 7.83. The second-order valence-electron chi connectivity index (χ2n) is 3.03. The Labute approximate surface area is 91.9 Å². The van der Waals surface area contributed by atoms with Crippen molar-refractivity contribution in [3.05, 3.63) is 30.0 Å². The molecule has 2 aromatic rings. The highest BCUT2D eigenvalue weighted by atomic mass is 16.5. The van der Waals surface area contributed by atoms with E-state index in [0.717, 1.165) is 0 Å². The molecule has 2 aromatic heterocycles. The maximum absolute atomic E-state index is 8.82. The monoisotopic (exact) mass is 218 g/mol. The fourth-order valence-corrected chi connectivity index (χ4v) is 1.15. The minimum atomic E-state index is -0.123. The molecule has 1 N–H and O–H groups in total. The van der Waals surface area contributed by atoms with Crippen LogP contribution in [0.2, 0.25) is 0 Å². The second kappa shape index (κ2) is 4.63. The lowest BCUT2D eigenvalue weighted by molar-refractivity contribution is 0.275. The van der Waals surface area contributed by atoms with Gasteiger partial charge < -0.3 is 9.84 Å². The molecule has 2 heterocycles. The fourth-order valence-electron chi connectivity index (χ4n) is 1.15. The van der Waals surface area contributed by atoms with Gasteiger partial charge in [0.1, 0.15) is 11.4 Å². The number of hydrogen-bond acceptors (Lipinski definition) is 6. The molecule has 0 saturated carbocycles. The normalized spacial score (nSPS) is 10.1. The maximum Gasteiger partial charge on any atom is 0.233 e. The summed E-state index contributed by atoms with van der Waals surface area (Å²) in [4.78, 5) is 0. The van der Waals surface area contributed by atoms with Crippen LogP contribution in [0.1, 0.15) is 5.69 Å². The lowest BCUT2D eigenvalue weighted by atomic mass is 10.2. The van der Waals surface area contributed by atoms with Crippen LogP contribution in [0.3, 0.4) is 0 Å². The lowest BCUT2D eigenvalue weighted by Gasteiger charge is -2.00. The smallest absolute Gasteiger partial charge is 0.233 e. The average molecular weight is 218 g/mol. The molecular weight excluding hydrogens is 208 g/mol. The van der Waals surface area contributed by atoms with Crippen molar-refractivity contribution in [2.45, 2.75) is 6.61 Å². The highest BCUT2D eigenvalue weighted by molar-refractivity contribution is 5.52. The summed E-state index contributed by atoms with van der Waals surface area (Å²) < 4.78 is 4.90. The molecule has 82 valence electrons. The van der Waals surface area contributed by atoms with Gasteiger partial charge in [0.05, 0.1) is 19.4 Å². The zero-order valence-electron chi connectivity index (χ0n) is 8.66. The molecule has 6 heteroatoms. The SMILES string of the molecule is COc1ccc(-c2ccc(CO)nn2)nn1. The Bertz CT molecular complexity index is 410. The van der Waals surface area contributed by atoms with Gasteiger partial charge in [-0.15, -0.1) is 15.3 Å². The summed E-state index contributed by atoms with van der Waals surface area (Å²) in [5.74, 6) is 0.448. The van der Waals surface area contributed by atoms with E-state index in [0.29, 0.717) is 23.0 Å². The number of nitrogens with zero attached hydrogens (tertiary/aromatic N) is 4. The molecule has 0 saturated heterocycles. The summed E-state index contributed by atoms with van der Waals surface area (Å²) in [6.45, 7) is -0.123. The number of rotatable bonds is 3. The van der Waals surface area contributed by atoms with Gasteiger partial charge in [0.2, 0.25) is 5.88 Å². The van der Waals surface area contributed by atoms with Gasteiger partial charge in [0, 0.05) is 6.07 Å². The number of ether oxygens (including phenoxy) is 1. The van der Waals surface area contributed by atoms with Gasteiger partial charge >= 0.3 is 0 Å². The zero-order valence-corrected chi connectivity index (χ0v) is 8.66. The summed E-state index contributed by atoms with van der Waals surface area (Å²) in [6, 6.07) is 6.86. The summed E-state index contributed by atoms with van der Waals surface area (Å²) in [7, 11) is 1.53. The van der Waals surface area contributed by atoms with Crippen LogP contribution in [0.15, 0.2) is 24.3 Å². The van der Waals surface area contributed by atoms with Crippen LogP contribution < -0.4 is 4.74 Å². The van der Waals surface area contributed by atoms with Gasteiger partial charge in [0.15, 0.2) is 0 Å². The molecule has 0 bridgehead atoms. The van der Waals surface area contributed by atoms with Crippen molar-refractivity contribution in [2.75, 3.05) is 7.11 Å². The highest BCUT2D eigenvalue weighted by Gasteiger charge is 2.03. The van der Waals surface area contributed by atoms with Gasteiger partial charge in [-0.05, 0) is 18.2 Å². The van der Waals surface area contributed by atoms with Crippen LogP contribution in [-0.4, -0.2) is 32.6 Å². The fraction of sp³-hybridized carbons (Fsp3) is 0.200. The zero-order chi connectivity index (χ0) is 11.4.